The summed E-state index contributed by atoms with van der Waals surface area (Å²) in [5.41, 5.74) is 1.34. The molecule has 0 fully saturated rings. The third-order valence-corrected chi connectivity index (χ3v) is 2.02. The molecule has 0 N–H and O–H groups in total. The van der Waals surface area contributed by atoms with Crippen LogP contribution >= 0.6 is 0 Å². The molecule has 0 aromatic carbocycles. The van der Waals surface area contributed by atoms with Crippen LogP contribution in [0, 0.1) is 6.92 Å². The summed E-state index contributed by atoms with van der Waals surface area (Å²) in [7, 11) is 4.20. The van der Waals surface area contributed by atoms with Crippen LogP contribution in [0.2, 0.25) is 0 Å². The summed E-state index contributed by atoms with van der Waals surface area (Å²) < 4.78 is 5.21. The molecule has 68 valence electrons. The topological polar surface area (TPSA) is 16.4 Å². The van der Waals surface area contributed by atoms with Crippen molar-refractivity contribution in [3.63, 3.8) is 0 Å². The summed E-state index contributed by atoms with van der Waals surface area (Å²) in [5, 5.41) is 0. The van der Waals surface area contributed by atoms with Crippen LogP contribution in [0.4, 0.5) is 0 Å². The van der Waals surface area contributed by atoms with Gasteiger partial charge in [-0.2, -0.15) is 0 Å². The van der Waals surface area contributed by atoms with Crippen molar-refractivity contribution in [3.05, 3.63) is 23.7 Å². The van der Waals surface area contributed by atoms with Crippen LogP contribution in [-0.4, -0.2) is 25.5 Å². The fourth-order valence-electron chi connectivity index (χ4n) is 1.26. The largest absolute Gasteiger partial charge is 0.469 e. The maximum Gasteiger partial charge on any atom is 0.103 e. The molecule has 1 heterocycles. The summed E-state index contributed by atoms with van der Waals surface area (Å²) in [6, 6.07) is 2.06. The van der Waals surface area contributed by atoms with Gasteiger partial charge in [0.1, 0.15) is 5.76 Å². The van der Waals surface area contributed by atoms with E-state index in [2.05, 4.69) is 25.1 Å². The van der Waals surface area contributed by atoms with Crippen LogP contribution in [-0.2, 0) is 6.42 Å². The van der Waals surface area contributed by atoms with Gasteiger partial charge in [0.25, 0.3) is 0 Å². The molecular formula is C10H17NO. The lowest BCUT2D eigenvalue weighted by molar-refractivity contribution is 0.399. The van der Waals surface area contributed by atoms with Crippen LogP contribution in [0.25, 0.3) is 0 Å². The molecule has 2 nitrogen and oxygen atoms in total. The van der Waals surface area contributed by atoms with Crippen molar-refractivity contribution in [2.45, 2.75) is 19.8 Å². The lowest BCUT2D eigenvalue weighted by atomic mass is 10.1. The first-order valence-corrected chi connectivity index (χ1v) is 4.38. The molecule has 0 saturated heterocycles. The molecule has 12 heavy (non-hydrogen) atoms. The normalized spacial score (nSPS) is 11.0. The highest BCUT2D eigenvalue weighted by atomic mass is 16.3. The molecule has 0 unspecified atom stereocenters. The van der Waals surface area contributed by atoms with Crippen molar-refractivity contribution >= 4 is 0 Å². The zero-order chi connectivity index (χ0) is 8.97. The van der Waals surface area contributed by atoms with Gasteiger partial charge in [-0.15, -0.1) is 0 Å². The summed E-state index contributed by atoms with van der Waals surface area (Å²) in [6.45, 7) is 3.16. The van der Waals surface area contributed by atoms with Crippen molar-refractivity contribution in [2.24, 2.45) is 0 Å². The Morgan fingerprint density at radius 3 is 2.67 bits per heavy atom. The molecule has 1 rings (SSSR count). The number of aryl methyl sites for hydroxylation is 2. The maximum atomic E-state index is 5.21. The Morgan fingerprint density at radius 2 is 2.17 bits per heavy atom. The monoisotopic (exact) mass is 167 g/mol. The average Bonchev–Trinajstić information content (AvgIpc) is 2.36. The minimum Gasteiger partial charge on any atom is -0.469 e. The molecule has 0 bridgehead atoms. The van der Waals surface area contributed by atoms with Gasteiger partial charge in [-0.3, -0.25) is 0 Å². The fourth-order valence-corrected chi connectivity index (χ4v) is 1.26. The van der Waals surface area contributed by atoms with Gasteiger partial charge in [0.2, 0.25) is 0 Å². The van der Waals surface area contributed by atoms with E-state index in [0.29, 0.717) is 0 Å². The van der Waals surface area contributed by atoms with E-state index < -0.39 is 0 Å². The average molecular weight is 167 g/mol. The van der Waals surface area contributed by atoms with Gasteiger partial charge < -0.3 is 9.32 Å². The summed E-state index contributed by atoms with van der Waals surface area (Å²) in [5.74, 6) is 1.06. The van der Waals surface area contributed by atoms with Gasteiger partial charge in [0.15, 0.2) is 0 Å². The van der Waals surface area contributed by atoms with Crippen molar-refractivity contribution in [1.82, 2.24) is 4.90 Å². The van der Waals surface area contributed by atoms with Gasteiger partial charge in [-0.05, 0) is 52.0 Å². The predicted molar refractivity (Wildman–Crippen MR) is 50.3 cm³/mol. The molecule has 0 aliphatic heterocycles. The van der Waals surface area contributed by atoms with Crippen LogP contribution in [0.3, 0.4) is 0 Å². The SMILES string of the molecule is Cc1occc1CCCN(C)C. The quantitative estimate of drug-likeness (QED) is 0.682. The first kappa shape index (κ1) is 9.33. The molecule has 1 aromatic heterocycles. The van der Waals surface area contributed by atoms with E-state index in [1.807, 2.05) is 6.92 Å². The van der Waals surface area contributed by atoms with Crippen LogP contribution < -0.4 is 0 Å². The molecule has 0 aliphatic carbocycles. The van der Waals surface area contributed by atoms with Gasteiger partial charge in [0.05, 0.1) is 6.26 Å². The zero-order valence-electron chi connectivity index (χ0n) is 8.13. The number of nitrogens with zero attached hydrogens (tertiary/aromatic N) is 1. The van der Waals surface area contributed by atoms with Crippen molar-refractivity contribution in [3.8, 4) is 0 Å². The Balaban J connectivity index is 2.29. The molecule has 1 aromatic rings. The highest BCUT2D eigenvalue weighted by Gasteiger charge is 2.00. The van der Waals surface area contributed by atoms with E-state index in [1.165, 1.54) is 12.0 Å². The first-order valence-electron chi connectivity index (χ1n) is 4.38. The molecule has 0 saturated carbocycles. The Hall–Kier alpha value is -0.760. The minimum absolute atomic E-state index is 1.06. The molecule has 0 atom stereocenters. The highest BCUT2D eigenvalue weighted by molar-refractivity contribution is 5.15. The maximum absolute atomic E-state index is 5.21. The third-order valence-electron chi connectivity index (χ3n) is 2.02. The van der Waals surface area contributed by atoms with Gasteiger partial charge in [-0.25, -0.2) is 0 Å². The van der Waals surface area contributed by atoms with Crippen molar-refractivity contribution < 1.29 is 4.42 Å². The molecular weight excluding hydrogens is 150 g/mol. The molecule has 0 spiro atoms. The second-order valence-electron chi connectivity index (χ2n) is 3.41. The first-order chi connectivity index (χ1) is 5.70. The fraction of sp³-hybridized carbons (Fsp3) is 0.600. The van der Waals surface area contributed by atoms with Gasteiger partial charge in [-0.1, -0.05) is 0 Å². The van der Waals surface area contributed by atoms with E-state index in [-0.39, 0.29) is 0 Å². The Labute approximate surface area is 74.2 Å². The Kier molecular flexibility index (Phi) is 3.35. The highest BCUT2D eigenvalue weighted by Crippen LogP contribution is 2.10. The number of hydrogen-bond acceptors (Lipinski definition) is 2. The smallest absolute Gasteiger partial charge is 0.103 e. The Bertz CT molecular complexity index is 227. The molecule has 0 amide bonds. The van der Waals surface area contributed by atoms with E-state index in [4.69, 9.17) is 4.42 Å². The van der Waals surface area contributed by atoms with E-state index in [0.717, 1.165) is 18.7 Å². The van der Waals surface area contributed by atoms with E-state index in [1.54, 1.807) is 6.26 Å². The molecule has 2 heteroatoms. The van der Waals surface area contributed by atoms with Gasteiger partial charge in [0, 0.05) is 0 Å². The zero-order valence-corrected chi connectivity index (χ0v) is 8.13. The molecule has 0 radical (unpaired) electrons. The standard InChI is InChI=1S/C10H17NO/c1-9-10(6-8-12-9)5-4-7-11(2)3/h6,8H,4-5,7H2,1-3H3. The van der Waals surface area contributed by atoms with Gasteiger partial charge >= 0.3 is 0 Å². The number of rotatable bonds is 4. The van der Waals surface area contributed by atoms with Crippen LogP contribution in [0.1, 0.15) is 17.7 Å². The van der Waals surface area contributed by atoms with E-state index in [9.17, 15) is 0 Å². The van der Waals surface area contributed by atoms with Crippen LogP contribution in [0.15, 0.2) is 16.7 Å². The third kappa shape index (κ3) is 2.70. The summed E-state index contributed by atoms with van der Waals surface area (Å²) in [4.78, 5) is 2.20. The number of hydrogen-bond donors (Lipinski definition) is 0. The lowest BCUT2D eigenvalue weighted by Crippen LogP contribution is -2.13. The second kappa shape index (κ2) is 4.31. The van der Waals surface area contributed by atoms with Crippen molar-refractivity contribution in [2.75, 3.05) is 20.6 Å². The second-order valence-corrected chi connectivity index (χ2v) is 3.41. The van der Waals surface area contributed by atoms with E-state index >= 15 is 0 Å². The lowest BCUT2D eigenvalue weighted by Gasteiger charge is -2.07. The summed E-state index contributed by atoms with van der Waals surface area (Å²) in [6.07, 6.45) is 4.09. The van der Waals surface area contributed by atoms with Crippen molar-refractivity contribution in [1.29, 1.82) is 0 Å². The summed E-state index contributed by atoms with van der Waals surface area (Å²) >= 11 is 0. The number of furan rings is 1. The minimum atomic E-state index is 1.06. The van der Waals surface area contributed by atoms with Crippen LogP contribution in [0.5, 0.6) is 0 Å². The molecule has 0 aliphatic rings. The Morgan fingerprint density at radius 1 is 1.42 bits per heavy atom. The predicted octanol–water partition coefficient (Wildman–Crippen LogP) is 2.08.